The van der Waals surface area contributed by atoms with E-state index in [-0.39, 0.29) is 5.82 Å². The van der Waals surface area contributed by atoms with Gasteiger partial charge in [0.2, 0.25) is 0 Å². The van der Waals surface area contributed by atoms with E-state index in [1.807, 2.05) is 6.07 Å². The molecule has 4 heteroatoms. The van der Waals surface area contributed by atoms with Crippen LogP contribution in [0.25, 0.3) is 11.3 Å². The summed E-state index contributed by atoms with van der Waals surface area (Å²) in [5, 5.41) is 4.21. The second-order valence-electron chi connectivity index (χ2n) is 3.49. The predicted octanol–water partition coefficient (Wildman–Crippen LogP) is 2.12. The van der Waals surface area contributed by atoms with E-state index in [0.29, 0.717) is 17.1 Å². The zero-order chi connectivity index (χ0) is 11.0. The second-order valence-corrected chi connectivity index (χ2v) is 3.49. The largest absolute Gasteiger partial charge is 0.384 e. The molecule has 0 aliphatic rings. The SMILES string of the molecule is Cc1c(F)cccc1-c1cc(N)n(C)n1. The molecule has 3 nitrogen and oxygen atoms in total. The Morgan fingerprint density at radius 1 is 1.40 bits per heavy atom. The molecule has 1 aromatic heterocycles. The van der Waals surface area contributed by atoms with Gasteiger partial charge >= 0.3 is 0 Å². The Balaban J connectivity index is 2.59. The maximum Gasteiger partial charge on any atom is 0.126 e. The number of aromatic nitrogens is 2. The summed E-state index contributed by atoms with van der Waals surface area (Å²) in [7, 11) is 1.76. The van der Waals surface area contributed by atoms with Crippen LogP contribution in [0.3, 0.4) is 0 Å². The van der Waals surface area contributed by atoms with E-state index < -0.39 is 0 Å². The molecule has 0 saturated heterocycles. The molecule has 78 valence electrons. The molecule has 0 aliphatic heterocycles. The smallest absolute Gasteiger partial charge is 0.126 e. The van der Waals surface area contributed by atoms with Gasteiger partial charge in [-0.1, -0.05) is 12.1 Å². The highest BCUT2D eigenvalue weighted by atomic mass is 19.1. The average molecular weight is 205 g/mol. The van der Waals surface area contributed by atoms with Crippen LogP contribution >= 0.6 is 0 Å². The van der Waals surface area contributed by atoms with Crippen molar-refractivity contribution in [3.05, 3.63) is 35.6 Å². The van der Waals surface area contributed by atoms with Gasteiger partial charge in [-0.3, -0.25) is 4.68 Å². The van der Waals surface area contributed by atoms with Crippen LogP contribution in [0.5, 0.6) is 0 Å². The number of benzene rings is 1. The molecule has 0 aliphatic carbocycles. The van der Waals surface area contributed by atoms with Gasteiger partial charge in [0, 0.05) is 18.7 Å². The van der Waals surface area contributed by atoms with Crippen LogP contribution < -0.4 is 5.73 Å². The number of nitrogens with zero attached hydrogens (tertiary/aromatic N) is 2. The quantitative estimate of drug-likeness (QED) is 0.774. The zero-order valence-electron chi connectivity index (χ0n) is 8.66. The number of rotatable bonds is 1. The lowest BCUT2D eigenvalue weighted by Crippen LogP contribution is -1.96. The minimum absolute atomic E-state index is 0.225. The third-order valence-corrected chi connectivity index (χ3v) is 2.46. The molecule has 0 fully saturated rings. The summed E-state index contributed by atoms with van der Waals surface area (Å²) in [6, 6.07) is 6.68. The van der Waals surface area contributed by atoms with E-state index in [2.05, 4.69) is 5.10 Å². The van der Waals surface area contributed by atoms with Crippen LogP contribution in [0.15, 0.2) is 24.3 Å². The van der Waals surface area contributed by atoms with Crippen LogP contribution in [-0.4, -0.2) is 9.78 Å². The minimum Gasteiger partial charge on any atom is -0.384 e. The topological polar surface area (TPSA) is 43.8 Å². The molecule has 0 radical (unpaired) electrons. The van der Waals surface area contributed by atoms with Gasteiger partial charge in [0.05, 0.1) is 5.69 Å². The highest BCUT2D eigenvalue weighted by Gasteiger charge is 2.09. The van der Waals surface area contributed by atoms with Crippen molar-refractivity contribution in [2.45, 2.75) is 6.92 Å². The Morgan fingerprint density at radius 3 is 2.73 bits per heavy atom. The number of hydrogen-bond acceptors (Lipinski definition) is 2. The average Bonchev–Trinajstić information content (AvgIpc) is 2.51. The lowest BCUT2D eigenvalue weighted by Gasteiger charge is -2.02. The highest BCUT2D eigenvalue weighted by Crippen LogP contribution is 2.24. The minimum atomic E-state index is -0.225. The second kappa shape index (κ2) is 3.38. The molecule has 2 N–H and O–H groups in total. The fourth-order valence-corrected chi connectivity index (χ4v) is 1.50. The van der Waals surface area contributed by atoms with Crippen molar-refractivity contribution in [2.24, 2.45) is 7.05 Å². The third-order valence-electron chi connectivity index (χ3n) is 2.46. The first-order chi connectivity index (χ1) is 7.09. The van der Waals surface area contributed by atoms with Crippen molar-refractivity contribution in [3.63, 3.8) is 0 Å². The normalized spacial score (nSPS) is 10.6. The number of nitrogen functional groups attached to an aromatic ring is 1. The molecule has 1 aromatic carbocycles. The van der Waals surface area contributed by atoms with Crippen molar-refractivity contribution < 1.29 is 4.39 Å². The van der Waals surface area contributed by atoms with E-state index in [1.54, 1.807) is 30.8 Å². The van der Waals surface area contributed by atoms with E-state index in [0.717, 1.165) is 5.56 Å². The molecule has 2 rings (SSSR count). The number of hydrogen-bond donors (Lipinski definition) is 1. The fourth-order valence-electron chi connectivity index (χ4n) is 1.50. The van der Waals surface area contributed by atoms with E-state index >= 15 is 0 Å². The van der Waals surface area contributed by atoms with E-state index in [9.17, 15) is 4.39 Å². The molecule has 0 saturated carbocycles. The van der Waals surface area contributed by atoms with Crippen LogP contribution in [0.1, 0.15) is 5.56 Å². The first-order valence-corrected chi connectivity index (χ1v) is 4.64. The van der Waals surface area contributed by atoms with Gasteiger partial charge in [-0.05, 0) is 18.6 Å². The van der Waals surface area contributed by atoms with E-state index in [1.165, 1.54) is 6.07 Å². The molecule has 2 aromatic rings. The van der Waals surface area contributed by atoms with Crippen LogP contribution in [0.2, 0.25) is 0 Å². The molecular weight excluding hydrogens is 193 g/mol. The molecular formula is C11H12FN3. The van der Waals surface area contributed by atoms with E-state index in [4.69, 9.17) is 5.73 Å². The summed E-state index contributed by atoms with van der Waals surface area (Å²) in [5.41, 5.74) is 7.75. The molecule has 0 amide bonds. The van der Waals surface area contributed by atoms with Crippen molar-refractivity contribution in [1.29, 1.82) is 0 Å². The highest BCUT2D eigenvalue weighted by molar-refractivity contribution is 5.65. The first kappa shape index (κ1) is 9.71. The molecule has 0 bridgehead atoms. The summed E-state index contributed by atoms with van der Waals surface area (Å²) in [4.78, 5) is 0. The Kier molecular flexibility index (Phi) is 2.19. The van der Waals surface area contributed by atoms with Gasteiger partial charge in [0.15, 0.2) is 0 Å². The van der Waals surface area contributed by atoms with Crippen LogP contribution in [-0.2, 0) is 7.05 Å². The summed E-state index contributed by atoms with van der Waals surface area (Å²) < 4.78 is 14.9. The summed E-state index contributed by atoms with van der Waals surface area (Å²) >= 11 is 0. The van der Waals surface area contributed by atoms with Crippen molar-refractivity contribution in [1.82, 2.24) is 9.78 Å². The lowest BCUT2D eigenvalue weighted by atomic mass is 10.1. The van der Waals surface area contributed by atoms with Gasteiger partial charge in [-0.2, -0.15) is 5.10 Å². The maximum atomic E-state index is 13.3. The number of nitrogens with two attached hydrogens (primary N) is 1. The molecule has 15 heavy (non-hydrogen) atoms. The standard InChI is InChI=1S/C11H12FN3/c1-7-8(4-3-5-9(7)12)10-6-11(13)15(2)14-10/h3-6H,13H2,1-2H3. The summed E-state index contributed by atoms with van der Waals surface area (Å²) in [6.07, 6.45) is 0. The van der Waals surface area contributed by atoms with Crippen molar-refractivity contribution in [2.75, 3.05) is 5.73 Å². The van der Waals surface area contributed by atoms with Gasteiger partial charge in [0.25, 0.3) is 0 Å². The Bertz CT molecular complexity index is 483. The van der Waals surface area contributed by atoms with Gasteiger partial charge < -0.3 is 5.73 Å². The lowest BCUT2D eigenvalue weighted by molar-refractivity contribution is 0.619. The molecule has 0 atom stereocenters. The number of halogens is 1. The maximum absolute atomic E-state index is 13.3. The van der Waals surface area contributed by atoms with Gasteiger partial charge in [-0.25, -0.2) is 4.39 Å². The number of aryl methyl sites for hydroxylation is 1. The Labute approximate surface area is 87.3 Å². The van der Waals surface area contributed by atoms with Crippen molar-refractivity contribution >= 4 is 5.82 Å². The molecule has 1 heterocycles. The fraction of sp³-hybridized carbons (Fsp3) is 0.182. The summed E-state index contributed by atoms with van der Waals surface area (Å²) in [6.45, 7) is 1.73. The van der Waals surface area contributed by atoms with Gasteiger partial charge in [0.1, 0.15) is 11.6 Å². The van der Waals surface area contributed by atoms with Gasteiger partial charge in [-0.15, -0.1) is 0 Å². The Hall–Kier alpha value is -1.84. The van der Waals surface area contributed by atoms with Crippen molar-refractivity contribution in [3.8, 4) is 11.3 Å². The Morgan fingerprint density at radius 2 is 2.13 bits per heavy atom. The first-order valence-electron chi connectivity index (χ1n) is 4.64. The summed E-state index contributed by atoms with van der Waals surface area (Å²) in [5.74, 6) is 0.338. The predicted molar refractivity (Wildman–Crippen MR) is 57.8 cm³/mol. The number of anilines is 1. The van der Waals surface area contributed by atoms with Crippen LogP contribution in [0.4, 0.5) is 10.2 Å². The van der Waals surface area contributed by atoms with Crippen LogP contribution in [0, 0.1) is 12.7 Å². The zero-order valence-corrected chi connectivity index (χ0v) is 8.66. The monoisotopic (exact) mass is 205 g/mol. The third kappa shape index (κ3) is 1.58. The molecule has 0 spiro atoms. The molecule has 0 unspecified atom stereocenters.